The second-order valence-electron chi connectivity index (χ2n) is 7.24. The number of piperidine rings is 1. The number of hydrogen-bond donors (Lipinski definition) is 3. The minimum atomic E-state index is -0.919. The Labute approximate surface area is 138 Å². The van der Waals surface area contributed by atoms with Crippen LogP contribution in [0.1, 0.15) is 39.2 Å². The lowest BCUT2D eigenvalue weighted by molar-refractivity contribution is -0.0291. The van der Waals surface area contributed by atoms with Crippen molar-refractivity contribution in [2.24, 2.45) is 0 Å². The van der Waals surface area contributed by atoms with Crippen LogP contribution in [0.3, 0.4) is 0 Å². The van der Waals surface area contributed by atoms with E-state index in [0.717, 1.165) is 18.7 Å². The molecule has 0 spiro atoms. The summed E-state index contributed by atoms with van der Waals surface area (Å²) in [5.41, 5.74) is -0.392. The van der Waals surface area contributed by atoms with Gasteiger partial charge in [-0.25, -0.2) is 4.79 Å². The zero-order chi connectivity index (χ0) is 16.9. The maximum Gasteiger partial charge on any atom is 0.407 e. The molecule has 128 valence electrons. The molecule has 0 aliphatic carbocycles. The van der Waals surface area contributed by atoms with Gasteiger partial charge >= 0.3 is 6.09 Å². The molecule has 23 heavy (non-hydrogen) atoms. The van der Waals surface area contributed by atoms with E-state index in [2.05, 4.69) is 10.6 Å². The van der Waals surface area contributed by atoms with Crippen LogP contribution in [0.5, 0.6) is 0 Å². The molecule has 3 N–H and O–H groups in total. The molecule has 1 atom stereocenters. The van der Waals surface area contributed by atoms with E-state index in [1.807, 2.05) is 51.1 Å². The standard InChI is InChI=1S/C18H28N2O3/c1-17(2,3)23-16(21)20-15(13-14-7-5-4-6-8-14)18(22)9-11-19-12-10-18/h4-8,15,19,22H,9-13H2,1-3H3,(H,20,21). The van der Waals surface area contributed by atoms with Crippen LogP contribution < -0.4 is 10.6 Å². The first-order valence-electron chi connectivity index (χ1n) is 8.25. The molecule has 1 amide bonds. The first-order chi connectivity index (χ1) is 10.8. The Morgan fingerprint density at radius 3 is 2.48 bits per heavy atom. The highest BCUT2D eigenvalue weighted by molar-refractivity contribution is 5.68. The van der Waals surface area contributed by atoms with E-state index in [9.17, 15) is 9.90 Å². The van der Waals surface area contributed by atoms with E-state index >= 15 is 0 Å². The normalized spacial score (nSPS) is 19.0. The molecule has 1 unspecified atom stereocenters. The summed E-state index contributed by atoms with van der Waals surface area (Å²) in [6.07, 6.45) is 1.32. The average Bonchev–Trinajstić information content (AvgIpc) is 2.46. The summed E-state index contributed by atoms with van der Waals surface area (Å²) in [7, 11) is 0. The van der Waals surface area contributed by atoms with Crippen LogP contribution in [0.15, 0.2) is 30.3 Å². The van der Waals surface area contributed by atoms with Crippen LogP contribution >= 0.6 is 0 Å². The molecule has 0 aromatic heterocycles. The van der Waals surface area contributed by atoms with Crippen LogP contribution in [-0.4, -0.2) is 41.5 Å². The smallest absolute Gasteiger partial charge is 0.407 e. The van der Waals surface area contributed by atoms with E-state index in [-0.39, 0.29) is 6.04 Å². The largest absolute Gasteiger partial charge is 0.444 e. The van der Waals surface area contributed by atoms with Crippen molar-refractivity contribution in [3.05, 3.63) is 35.9 Å². The molecule has 0 radical (unpaired) electrons. The number of carbonyl (C=O) groups is 1. The van der Waals surface area contributed by atoms with Crippen LogP contribution in [0.4, 0.5) is 4.79 Å². The number of rotatable bonds is 4. The lowest BCUT2D eigenvalue weighted by Gasteiger charge is -2.40. The molecule has 1 heterocycles. The highest BCUT2D eigenvalue weighted by Gasteiger charge is 2.39. The third-order valence-electron chi connectivity index (χ3n) is 4.09. The summed E-state index contributed by atoms with van der Waals surface area (Å²) in [5.74, 6) is 0. The number of ether oxygens (including phenoxy) is 1. The quantitative estimate of drug-likeness (QED) is 0.796. The van der Waals surface area contributed by atoms with Crippen molar-refractivity contribution in [1.29, 1.82) is 0 Å². The number of hydrogen-bond acceptors (Lipinski definition) is 4. The zero-order valence-electron chi connectivity index (χ0n) is 14.3. The second kappa shape index (κ2) is 7.32. The van der Waals surface area contributed by atoms with Crippen LogP contribution in [0.2, 0.25) is 0 Å². The SMILES string of the molecule is CC(C)(C)OC(=O)NC(Cc1ccccc1)C1(O)CCNCC1. The summed E-state index contributed by atoms with van der Waals surface area (Å²) in [6.45, 7) is 6.99. The zero-order valence-corrected chi connectivity index (χ0v) is 14.3. The van der Waals surface area contributed by atoms with Gasteiger partial charge in [0.2, 0.25) is 0 Å². The van der Waals surface area contributed by atoms with Gasteiger partial charge in [0.25, 0.3) is 0 Å². The van der Waals surface area contributed by atoms with Gasteiger partial charge in [-0.15, -0.1) is 0 Å². The van der Waals surface area contributed by atoms with E-state index in [1.165, 1.54) is 0 Å². The van der Waals surface area contributed by atoms with E-state index in [4.69, 9.17) is 4.74 Å². The van der Waals surface area contributed by atoms with Gasteiger partial charge in [0.05, 0.1) is 11.6 Å². The molecule has 1 aromatic rings. The number of aliphatic hydroxyl groups is 1. The van der Waals surface area contributed by atoms with E-state index < -0.39 is 17.3 Å². The predicted octanol–water partition coefficient (Wildman–Crippen LogP) is 2.24. The fourth-order valence-corrected chi connectivity index (χ4v) is 2.88. The average molecular weight is 320 g/mol. The Hall–Kier alpha value is -1.59. The molecule has 0 bridgehead atoms. The fourth-order valence-electron chi connectivity index (χ4n) is 2.88. The van der Waals surface area contributed by atoms with Gasteiger partial charge in [-0.05, 0) is 58.7 Å². The van der Waals surface area contributed by atoms with Gasteiger partial charge in [-0.1, -0.05) is 30.3 Å². The molecule has 0 saturated carbocycles. The summed E-state index contributed by atoms with van der Waals surface area (Å²) < 4.78 is 5.36. The number of amides is 1. The van der Waals surface area contributed by atoms with Gasteiger partial charge in [0.1, 0.15) is 5.60 Å². The first kappa shape index (κ1) is 17.8. The van der Waals surface area contributed by atoms with Crippen molar-refractivity contribution in [2.75, 3.05) is 13.1 Å². The lowest BCUT2D eigenvalue weighted by atomic mass is 9.82. The molecule has 1 aliphatic heterocycles. The highest BCUT2D eigenvalue weighted by Crippen LogP contribution is 2.25. The third kappa shape index (κ3) is 5.52. The Morgan fingerprint density at radius 1 is 1.30 bits per heavy atom. The first-order valence-corrected chi connectivity index (χ1v) is 8.25. The lowest BCUT2D eigenvalue weighted by Crippen LogP contribution is -2.58. The monoisotopic (exact) mass is 320 g/mol. The second-order valence-corrected chi connectivity index (χ2v) is 7.24. The molecule has 1 aliphatic rings. The molecular weight excluding hydrogens is 292 g/mol. The van der Waals surface area contributed by atoms with Gasteiger partial charge in [0.15, 0.2) is 0 Å². The fraction of sp³-hybridized carbons (Fsp3) is 0.611. The summed E-state index contributed by atoms with van der Waals surface area (Å²) in [6, 6.07) is 9.53. The Kier molecular flexibility index (Phi) is 5.65. The molecule has 5 heteroatoms. The Morgan fingerprint density at radius 2 is 1.91 bits per heavy atom. The number of carbonyl (C=O) groups excluding carboxylic acids is 1. The van der Waals surface area contributed by atoms with Crippen molar-refractivity contribution < 1.29 is 14.6 Å². The number of nitrogens with one attached hydrogen (secondary N) is 2. The third-order valence-corrected chi connectivity index (χ3v) is 4.09. The molecule has 2 rings (SSSR count). The van der Waals surface area contributed by atoms with E-state index in [0.29, 0.717) is 19.3 Å². The van der Waals surface area contributed by atoms with Crippen molar-refractivity contribution >= 4 is 6.09 Å². The van der Waals surface area contributed by atoms with Gasteiger partial charge in [-0.3, -0.25) is 0 Å². The molecule has 1 fully saturated rings. The van der Waals surface area contributed by atoms with Crippen molar-refractivity contribution in [2.45, 2.75) is 57.3 Å². The maximum atomic E-state index is 12.2. The van der Waals surface area contributed by atoms with Crippen LogP contribution in [0.25, 0.3) is 0 Å². The summed E-state index contributed by atoms with van der Waals surface area (Å²) in [4.78, 5) is 12.2. The Bertz CT molecular complexity index is 505. The van der Waals surface area contributed by atoms with Gasteiger partial charge in [-0.2, -0.15) is 0 Å². The van der Waals surface area contributed by atoms with Crippen molar-refractivity contribution in [3.8, 4) is 0 Å². The molecule has 5 nitrogen and oxygen atoms in total. The number of alkyl carbamates (subject to hydrolysis) is 1. The summed E-state index contributed by atoms with van der Waals surface area (Å²) in [5, 5.41) is 17.2. The van der Waals surface area contributed by atoms with Gasteiger partial charge < -0.3 is 20.5 Å². The summed E-state index contributed by atoms with van der Waals surface area (Å²) >= 11 is 0. The van der Waals surface area contributed by atoms with Gasteiger partial charge in [0, 0.05) is 0 Å². The molecule has 1 saturated heterocycles. The van der Waals surface area contributed by atoms with Crippen molar-refractivity contribution in [3.63, 3.8) is 0 Å². The van der Waals surface area contributed by atoms with E-state index in [1.54, 1.807) is 0 Å². The van der Waals surface area contributed by atoms with Crippen molar-refractivity contribution in [1.82, 2.24) is 10.6 Å². The topological polar surface area (TPSA) is 70.6 Å². The molecule has 1 aromatic carbocycles. The van der Waals surface area contributed by atoms with Crippen LogP contribution in [0, 0.1) is 0 Å². The minimum Gasteiger partial charge on any atom is -0.444 e. The van der Waals surface area contributed by atoms with Crippen LogP contribution in [-0.2, 0) is 11.2 Å². The maximum absolute atomic E-state index is 12.2. The molecular formula is C18H28N2O3. The number of benzene rings is 1. The highest BCUT2D eigenvalue weighted by atomic mass is 16.6. The predicted molar refractivity (Wildman–Crippen MR) is 90.4 cm³/mol. The Balaban J connectivity index is 2.12. The minimum absolute atomic E-state index is 0.373.